The predicted molar refractivity (Wildman–Crippen MR) is 47.8 cm³/mol. The van der Waals surface area contributed by atoms with Crippen molar-refractivity contribution in [1.82, 2.24) is 0 Å². The lowest BCUT2D eigenvalue weighted by Crippen LogP contribution is -2.42. The van der Waals surface area contributed by atoms with Gasteiger partial charge in [-0.2, -0.15) is 0 Å². The lowest BCUT2D eigenvalue weighted by Gasteiger charge is -2.50. The molecule has 0 aromatic carbocycles. The van der Waals surface area contributed by atoms with Gasteiger partial charge in [0.25, 0.3) is 0 Å². The van der Waals surface area contributed by atoms with Crippen LogP contribution in [0.3, 0.4) is 0 Å². The van der Waals surface area contributed by atoms with E-state index in [-0.39, 0.29) is 0 Å². The summed E-state index contributed by atoms with van der Waals surface area (Å²) in [6, 6.07) is 0. The summed E-state index contributed by atoms with van der Waals surface area (Å²) in [5.74, 6) is 0.670. The molecule has 0 aromatic rings. The molecular weight excluding hydrogens is 148 g/mol. The van der Waals surface area contributed by atoms with Gasteiger partial charge in [-0.3, -0.25) is 0 Å². The minimum atomic E-state index is 0.454. The monoisotopic (exact) mass is 166 g/mol. The average molecular weight is 166 g/mol. The molecule has 0 bridgehead atoms. The van der Waals surface area contributed by atoms with Crippen molar-refractivity contribution in [3.63, 3.8) is 0 Å². The Morgan fingerprint density at radius 3 is 2.50 bits per heavy atom. The van der Waals surface area contributed by atoms with Crippen molar-refractivity contribution < 1.29 is 5.11 Å². The third-order valence-corrected chi connectivity index (χ3v) is 4.72. The molecule has 1 heteroatoms. The summed E-state index contributed by atoms with van der Waals surface area (Å²) >= 11 is 0. The first-order chi connectivity index (χ1) is 5.79. The van der Waals surface area contributed by atoms with Crippen LogP contribution < -0.4 is 0 Å². The Bertz CT molecular complexity index is 197. The van der Waals surface area contributed by atoms with E-state index in [9.17, 15) is 5.11 Å². The molecule has 3 aliphatic carbocycles. The maximum atomic E-state index is 9.26. The summed E-state index contributed by atoms with van der Waals surface area (Å²) in [6.07, 6.45) is 10.0. The zero-order valence-corrected chi connectivity index (χ0v) is 7.68. The Labute approximate surface area is 74.2 Å². The largest absolute Gasteiger partial charge is 0.396 e. The Morgan fingerprint density at radius 1 is 1.17 bits per heavy atom. The van der Waals surface area contributed by atoms with E-state index in [2.05, 4.69) is 0 Å². The zero-order chi connectivity index (χ0) is 8.23. The molecule has 0 amide bonds. The third-order valence-electron chi connectivity index (χ3n) is 4.72. The first-order valence-corrected chi connectivity index (χ1v) is 5.40. The van der Waals surface area contributed by atoms with Gasteiger partial charge in [0.15, 0.2) is 0 Å². The topological polar surface area (TPSA) is 20.2 Å². The van der Waals surface area contributed by atoms with E-state index in [1.807, 2.05) is 0 Å². The molecule has 1 N–H and O–H groups in total. The highest BCUT2D eigenvalue weighted by Gasteiger charge is 2.63. The van der Waals surface area contributed by atoms with Gasteiger partial charge in [0.05, 0.1) is 0 Å². The molecule has 0 saturated heterocycles. The van der Waals surface area contributed by atoms with Gasteiger partial charge in [-0.25, -0.2) is 0 Å². The molecule has 3 saturated carbocycles. The standard InChI is InChI=1S/C11H18O/c12-6-9-2-1-3-11(9)7-10(8-11)4-5-10/h9,12H,1-8H2. The van der Waals surface area contributed by atoms with Crippen molar-refractivity contribution in [2.45, 2.75) is 44.9 Å². The molecule has 68 valence electrons. The minimum absolute atomic E-state index is 0.454. The van der Waals surface area contributed by atoms with Gasteiger partial charge in [-0.15, -0.1) is 0 Å². The summed E-state index contributed by atoms with van der Waals surface area (Å²) in [4.78, 5) is 0. The van der Waals surface area contributed by atoms with Gasteiger partial charge in [0.2, 0.25) is 0 Å². The maximum absolute atomic E-state index is 9.26. The van der Waals surface area contributed by atoms with Crippen LogP contribution in [0.1, 0.15) is 44.9 Å². The zero-order valence-electron chi connectivity index (χ0n) is 7.68. The molecule has 2 spiro atoms. The van der Waals surface area contributed by atoms with Crippen LogP contribution in [0.2, 0.25) is 0 Å². The van der Waals surface area contributed by atoms with Gasteiger partial charge in [0, 0.05) is 6.61 Å². The van der Waals surface area contributed by atoms with Gasteiger partial charge < -0.3 is 5.11 Å². The van der Waals surface area contributed by atoms with Crippen LogP contribution in [0.25, 0.3) is 0 Å². The van der Waals surface area contributed by atoms with Crippen LogP contribution in [-0.4, -0.2) is 11.7 Å². The van der Waals surface area contributed by atoms with Crippen LogP contribution >= 0.6 is 0 Å². The van der Waals surface area contributed by atoms with Crippen molar-refractivity contribution >= 4 is 0 Å². The SMILES string of the molecule is OCC1CCCC12CC1(CC1)C2. The van der Waals surface area contributed by atoms with Crippen LogP contribution in [0, 0.1) is 16.7 Å². The van der Waals surface area contributed by atoms with Crippen molar-refractivity contribution in [2.24, 2.45) is 16.7 Å². The van der Waals surface area contributed by atoms with Crippen molar-refractivity contribution in [3.05, 3.63) is 0 Å². The van der Waals surface area contributed by atoms with Gasteiger partial charge in [-0.1, -0.05) is 6.42 Å². The third kappa shape index (κ3) is 0.783. The van der Waals surface area contributed by atoms with Crippen LogP contribution in [0.5, 0.6) is 0 Å². The molecular formula is C11H18O. The molecule has 3 aliphatic rings. The lowest BCUT2D eigenvalue weighted by molar-refractivity contribution is -0.0240. The molecule has 1 atom stereocenters. The van der Waals surface area contributed by atoms with E-state index in [0.29, 0.717) is 17.9 Å². The second-order valence-electron chi connectivity index (χ2n) is 5.49. The molecule has 1 unspecified atom stereocenters. The number of rotatable bonds is 1. The van der Waals surface area contributed by atoms with E-state index >= 15 is 0 Å². The van der Waals surface area contributed by atoms with E-state index in [1.54, 1.807) is 0 Å². The van der Waals surface area contributed by atoms with E-state index in [0.717, 1.165) is 5.41 Å². The van der Waals surface area contributed by atoms with E-state index in [1.165, 1.54) is 44.9 Å². The fraction of sp³-hybridized carbons (Fsp3) is 1.00. The molecule has 0 radical (unpaired) electrons. The highest BCUT2D eigenvalue weighted by Crippen LogP contribution is 2.74. The smallest absolute Gasteiger partial charge is 0.0464 e. The summed E-state index contributed by atoms with van der Waals surface area (Å²) < 4.78 is 0. The van der Waals surface area contributed by atoms with Crippen LogP contribution in [-0.2, 0) is 0 Å². The lowest BCUT2D eigenvalue weighted by atomic mass is 9.55. The Kier molecular flexibility index (Phi) is 1.27. The minimum Gasteiger partial charge on any atom is -0.396 e. The summed E-state index contributed by atoms with van der Waals surface area (Å²) in [7, 11) is 0. The summed E-state index contributed by atoms with van der Waals surface area (Å²) in [5, 5.41) is 9.26. The molecule has 12 heavy (non-hydrogen) atoms. The second-order valence-corrected chi connectivity index (χ2v) is 5.49. The first-order valence-electron chi connectivity index (χ1n) is 5.40. The van der Waals surface area contributed by atoms with Crippen molar-refractivity contribution in [2.75, 3.05) is 6.61 Å². The molecule has 3 rings (SSSR count). The maximum Gasteiger partial charge on any atom is 0.0464 e. The van der Waals surface area contributed by atoms with Crippen molar-refractivity contribution in [3.8, 4) is 0 Å². The van der Waals surface area contributed by atoms with Crippen molar-refractivity contribution in [1.29, 1.82) is 0 Å². The quantitative estimate of drug-likeness (QED) is 0.634. The summed E-state index contributed by atoms with van der Waals surface area (Å²) in [5.41, 5.74) is 1.45. The van der Waals surface area contributed by atoms with E-state index in [4.69, 9.17) is 0 Å². The molecule has 0 aromatic heterocycles. The second kappa shape index (κ2) is 2.06. The number of aliphatic hydroxyl groups excluding tert-OH is 1. The Hall–Kier alpha value is -0.0400. The Morgan fingerprint density at radius 2 is 1.92 bits per heavy atom. The van der Waals surface area contributed by atoms with Crippen LogP contribution in [0.15, 0.2) is 0 Å². The molecule has 3 fully saturated rings. The van der Waals surface area contributed by atoms with E-state index < -0.39 is 0 Å². The highest BCUT2D eigenvalue weighted by atomic mass is 16.3. The number of hydrogen-bond donors (Lipinski definition) is 1. The molecule has 1 nitrogen and oxygen atoms in total. The van der Waals surface area contributed by atoms with Crippen LogP contribution in [0.4, 0.5) is 0 Å². The van der Waals surface area contributed by atoms with Gasteiger partial charge in [0.1, 0.15) is 0 Å². The highest BCUT2D eigenvalue weighted by molar-refractivity contribution is 5.14. The van der Waals surface area contributed by atoms with Gasteiger partial charge in [-0.05, 0) is 55.3 Å². The summed E-state index contributed by atoms with van der Waals surface area (Å²) in [6.45, 7) is 0.454. The average Bonchev–Trinajstić information content (AvgIpc) is 2.62. The number of hydrogen-bond acceptors (Lipinski definition) is 1. The fourth-order valence-electron chi connectivity index (χ4n) is 3.93. The van der Waals surface area contributed by atoms with Gasteiger partial charge >= 0.3 is 0 Å². The first kappa shape index (κ1) is 7.37. The fourth-order valence-corrected chi connectivity index (χ4v) is 3.93. The molecule has 0 aliphatic heterocycles. The predicted octanol–water partition coefficient (Wildman–Crippen LogP) is 2.34. The number of aliphatic hydroxyl groups is 1. The Balaban J connectivity index is 1.74. The normalized spacial score (nSPS) is 40.2. The molecule has 0 heterocycles.